The summed E-state index contributed by atoms with van der Waals surface area (Å²) in [5.41, 5.74) is 5.16. The SMILES string of the molecule is Cc1cc([C@H](C)Nc2ccc(F)c([C@@]3(C)N=C(N)OCC3(F)F)c2)[nH]n1. The van der Waals surface area contributed by atoms with E-state index in [2.05, 4.69) is 25.2 Å². The monoisotopic (exact) mass is 367 g/mol. The van der Waals surface area contributed by atoms with Crippen molar-refractivity contribution in [3.8, 4) is 0 Å². The summed E-state index contributed by atoms with van der Waals surface area (Å²) in [5.74, 6) is -4.21. The maximum absolute atomic E-state index is 14.5. The highest BCUT2D eigenvalue weighted by Gasteiger charge is 2.56. The number of aliphatic imine (C=N–C) groups is 1. The summed E-state index contributed by atoms with van der Waals surface area (Å²) in [6.45, 7) is 3.90. The molecule has 3 rings (SSSR count). The molecule has 140 valence electrons. The lowest BCUT2D eigenvalue weighted by molar-refractivity contribution is -0.117. The van der Waals surface area contributed by atoms with Crippen LogP contribution >= 0.6 is 0 Å². The van der Waals surface area contributed by atoms with Gasteiger partial charge in [-0.05, 0) is 45.0 Å². The third kappa shape index (κ3) is 3.09. The molecule has 0 spiro atoms. The molecule has 1 aliphatic heterocycles. The average molecular weight is 367 g/mol. The molecule has 4 N–H and O–H groups in total. The second-order valence-corrected chi connectivity index (χ2v) is 6.54. The Kier molecular flexibility index (Phi) is 4.33. The van der Waals surface area contributed by atoms with Crippen LogP contribution in [0.15, 0.2) is 29.3 Å². The van der Waals surface area contributed by atoms with E-state index in [4.69, 9.17) is 5.73 Å². The molecule has 0 aliphatic carbocycles. The number of amidine groups is 1. The number of halogens is 3. The highest BCUT2D eigenvalue weighted by molar-refractivity contribution is 5.73. The van der Waals surface area contributed by atoms with Crippen molar-refractivity contribution < 1.29 is 17.9 Å². The van der Waals surface area contributed by atoms with E-state index in [-0.39, 0.29) is 11.6 Å². The van der Waals surface area contributed by atoms with Gasteiger partial charge in [0.1, 0.15) is 5.82 Å². The number of nitrogens with zero attached hydrogens (tertiary/aromatic N) is 2. The van der Waals surface area contributed by atoms with Gasteiger partial charge in [-0.25, -0.2) is 9.38 Å². The molecule has 0 fully saturated rings. The van der Waals surface area contributed by atoms with Gasteiger partial charge in [-0.15, -0.1) is 0 Å². The van der Waals surface area contributed by atoms with Crippen LogP contribution in [0.1, 0.15) is 36.8 Å². The zero-order chi connectivity index (χ0) is 19.1. The number of alkyl halides is 2. The molecule has 9 heteroatoms. The molecular weight excluding hydrogens is 347 g/mol. The minimum atomic E-state index is -3.42. The summed E-state index contributed by atoms with van der Waals surface area (Å²) >= 11 is 0. The van der Waals surface area contributed by atoms with Gasteiger partial charge >= 0.3 is 5.92 Å². The Morgan fingerprint density at radius 3 is 2.73 bits per heavy atom. The van der Waals surface area contributed by atoms with E-state index in [0.717, 1.165) is 24.4 Å². The van der Waals surface area contributed by atoms with E-state index >= 15 is 0 Å². The van der Waals surface area contributed by atoms with E-state index in [1.54, 1.807) is 0 Å². The number of rotatable bonds is 4. The molecule has 0 saturated heterocycles. The fraction of sp³-hybridized carbons (Fsp3) is 0.412. The van der Waals surface area contributed by atoms with Crippen LogP contribution in [0.3, 0.4) is 0 Å². The van der Waals surface area contributed by atoms with Crippen molar-refractivity contribution in [1.29, 1.82) is 0 Å². The second kappa shape index (κ2) is 6.22. The van der Waals surface area contributed by atoms with Crippen molar-refractivity contribution in [3.63, 3.8) is 0 Å². The Bertz CT molecular complexity index is 851. The first kappa shape index (κ1) is 18.1. The van der Waals surface area contributed by atoms with Gasteiger partial charge in [0.15, 0.2) is 12.1 Å². The molecule has 2 heterocycles. The van der Waals surface area contributed by atoms with E-state index in [1.165, 1.54) is 12.1 Å². The van der Waals surface area contributed by atoms with Gasteiger partial charge < -0.3 is 15.8 Å². The van der Waals surface area contributed by atoms with Gasteiger partial charge in [0, 0.05) is 11.3 Å². The first-order valence-electron chi connectivity index (χ1n) is 8.07. The molecule has 1 aromatic heterocycles. The fourth-order valence-corrected chi connectivity index (χ4v) is 2.88. The van der Waals surface area contributed by atoms with E-state index in [1.807, 2.05) is 19.9 Å². The molecule has 0 saturated carbocycles. The summed E-state index contributed by atoms with van der Waals surface area (Å²) in [7, 11) is 0. The van der Waals surface area contributed by atoms with Crippen LogP contribution in [0.2, 0.25) is 0 Å². The highest BCUT2D eigenvalue weighted by atomic mass is 19.3. The number of aromatic amines is 1. The van der Waals surface area contributed by atoms with Crippen LogP contribution in [0.5, 0.6) is 0 Å². The largest absolute Gasteiger partial charge is 0.459 e. The quantitative estimate of drug-likeness (QED) is 0.774. The number of hydrogen-bond acceptors (Lipinski definition) is 5. The predicted octanol–water partition coefficient (Wildman–Crippen LogP) is 3.23. The molecule has 6 nitrogen and oxygen atoms in total. The molecule has 1 aromatic carbocycles. The summed E-state index contributed by atoms with van der Waals surface area (Å²) < 4.78 is 48.0. The summed E-state index contributed by atoms with van der Waals surface area (Å²) in [4.78, 5) is 3.72. The smallest absolute Gasteiger partial charge is 0.310 e. The Hall–Kier alpha value is -2.71. The molecule has 0 radical (unpaired) electrons. The number of anilines is 1. The second-order valence-electron chi connectivity index (χ2n) is 6.54. The van der Waals surface area contributed by atoms with Crippen molar-refractivity contribution in [3.05, 3.63) is 47.0 Å². The third-order valence-corrected chi connectivity index (χ3v) is 4.51. The minimum Gasteiger partial charge on any atom is -0.459 e. The lowest BCUT2D eigenvalue weighted by Crippen LogP contribution is -2.51. The maximum Gasteiger partial charge on any atom is 0.310 e. The van der Waals surface area contributed by atoms with Crippen molar-refractivity contribution in [2.24, 2.45) is 10.7 Å². The molecule has 0 unspecified atom stereocenters. The van der Waals surface area contributed by atoms with Gasteiger partial charge in [0.2, 0.25) is 0 Å². The van der Waals surface area contributed by atoms with E-state index in [0.29, 0.717) is 5.69 Å². The number of hydrogen-bond donors (Lipinski definition) is 3. The van der Waals surface area contributed by atoms with Gasteiger partial charge in [0.05, 0.1) is 17.4 Å². The van der Waals surface area contributed by atoms with Crippen molar-refractivity contribution in [2.45, 2.75) is 38.3 Å². The summed E-state index contributed by atoms with van der Waals surface area (Å²) in [6.07, 6.45) is 0. The number of aromatic nitrogens is 2. The standard InChI is InChI=1S/C17H20F3N5O/c1-9-6-14(25-24-9)10(2)22-11-4-5-13(18)12(7-11)16(3)17(19,20)8-26-15(21)23-16/h4-7,10,22H,8H2,1-3H3,(H2,21,23)(H,24,25)/t10-,16+/m0/s1. The molecule has 2 atom stereocenters. The molecule has 0 bridgehead atoms. The lowest BCUT2D eigenvalue weighted by Gasteiger charge is -2.37. The zero-order valence-electron chi connectivity index (χ0n) is 14.6. The maximum atomic E-state index is 14.5. The van der Waals surface area contributed by atoms with Crippen molar-refractivity contribution in [2.75, 3.05) is 11.9 Å². The van der Waals surface area contributed by atoms with Crippen LogP contribution in [0.4, 0.5) is 18.9 Å². The number of nitrogens with one attached hydrogen (secondary N) is 2. The Labute approximate surface area is 148 Å². The van der Waals surface area contributed by atoms with Crippen LogP contribution in [0.25, 0.3) is 0 Å². The van der Waals surface area contributed by atoms with Crippen LogP contribution in [-0.4, -0.2) is 28.7 Å². The number of aryl methyl sites for hydroxylation is 1. The Balaban J connectivity index is 1.96. The first-order valence-corrected chi connectivity index (χ1v) is 8.07. The normalized spacial score (nSPS) is 23.1. The van der Waals surface area contributed by atoms with Gasteiger partial charge in [0.25, 0.3) is 6.02 Å². The Morgan fingerprint density at radius 2 is 2.08 bits per heavy atom. The van der Waals surface area contributed by atoms with Crippen LogP contribution < -0.4 is 11.1 Å². The first-order chi connectivity index (χ1) is 12.1. The van der Waals surface area contributed by atoms with Gasteiger partial charge in [-0.3, -0.25) is 5.10 Å². The number of ether oxygens (including phenoxy) is 1. The fourth-order valence-electron chi connectivity index (χ4n) is 2.88. The lowest BCUT2D eigenvalue weighted by atomic mass is 9.85. The Morgan fingerprint density at radius 1 is 1.35 bits per heavy atom. The van der Waals surface area contributed by atoms with Crippen LogP contribution in [0, 0.1) is 12.7 Å². The van der Waals surface area contributed by atoms with Crippen LogP contribution in [-0.2, 0) is 10.3 Å². The topological polar surface area (TPSA) is 88.3 Å². The van der Waals surface area contributed by atoms with E-state index in [9.17, 15) is 13.2 Å². The van der Waals surface area contributed by atoms with Gasteiger partial charge in [-0.2, -0.15) is 13.9 Å². The van der Waals surface area contributed by atoms with E-state index < -0.39 is 29.9 Å². The average Bonchev–Trinajstić information content (AvgIpc) is 3.00. The minimum absolute atomic E-state index is 0.189. The number of nitrogens with two attached hydrogens (primary N) is 1. The molecule has 26 heavy (non-hydrogen) atoms. The summed E-state index contributed by atoms with van der Waals surface area (Å²) in [6, 6.07) is 5.22. The molecule has 1 aliphatic rings. The zero-order valence-corrected chi connectivity index (χ0v) is 14.6. The predicted molar refractivity (Wildman–Crippen MR) is 91.6 cm³/mol. The number of H-pyrrole nitrogens is 1. The number of benzene rings is 1. The molecule has 0 amide bonds. The van der Waals surface area contributed by atoms with Crippen molar-refractivity contribution >= 4 is 11.7 Å². The highest BCUT2D eigenvalue weighted by Crippen LogP contribution is 2.45. The van der Waals surface area contributed by atoms with Gasteiger partial charge in [-0.1, -0.05) is 0 Å². The summed E-state index contributed by atoms with van der Waals surface area (Å²) in [5, 5.41) is 10.1. The third-order valence-electron chi connectivity index (χ3n) is 4.51. The molecule has 2 aromatic rings. The van der Waals surface area contributed by atoms with Crippen molar-refractivity contribution in [1.82, 2.24) is 10.2 Å². The molecular formula is C17H20F3N5O.